The van der Waals surface area contributed by atoms with Crippen LogP contribution in [0, 0.1) is 6.92 Å². The van der Waals surface area contributed by atoms with Crippen LogP contribution in [0.15, 0.2) is 53.4 Å². The average molecular weight is 341 g/mol. The third-order valence-electron chi connectivity index (χ3n) is 4.74. The second kappa shape index (κ2) is 7.41. The number of thioether (sulfide) groups is 1. The van der Waals surface area contributed by atoms with Gasteiger partial charge in [-0.2, -0.15) is 0 Å². The predicted molar refractivity (Wildman–Crippen MR) is 98.6 cm³/mol. The first kappa shape index (κ1) is 17.1. The third kappa shape index (κ3) is 3.50. The van der Waals surface area contributed by atoms with E-state index >= 15 is 0 Å². The molecule has 1 aliphatic rings. The van der Waals surface area contributed by atoms with Crippen molar-refractivity contribution in [1.82, 2.24) is 4.90 Å². The molecular weight excluding hydrogens is 318 g/mol. The lowest BCUT2D eigenvalue weighted by Crippen LogP contribution is -2.39. The number of carboxylic acids is 1. The summed E-state index contributed by atoms with van der Waals surface area (Å²) in [4.78, 5) is 15.0. The Morgan fingerprint density at radius 1 is 1.12 bits per heavy atom. The SMILES string of the molecule is CSc1ccc(C(c2ccc(C)cc2)N2CCCC2C(=O)O)cc1. The zero-order valence-electron chi connectivity index (χ0n) is 14.1. The van der Waals surface area contributed by atoms with Crippen molar-refractivity contribution >= 4 is 17.7 Å². The molecule has 0 aromatic heterocycles. The Balaban J connectivity index is 2.02. The van der Waals surface area contributed by atoms with Crippen molar-refractivity contribution in [3.05, 3.63) is 65.2 Å². The first-order valence-electron chi connectivity index (χ1n) is 8.29. The smallest absolute Gasteiger partial charge is 0.320 e. The van der Waals surface area contributed by atoms with Gasteiger partial charge in [-0.25, -0.2) is 0 Å². The topological polar surface area (TPSA) is 40.5 Å². The molecule has 3 nitrogen and oxygen atoms in total. The van der Waals surface area contributed by atoms with Crippen molar-refractivity contribution in [2.75, 3.05) is 12.8 Å². The summed E-state index contributed by atoms with van der Waals surface area (Å²) >= 11 is 1.72. The van der Waals surface area contributed by atoms with E-state index in [9.17, 15) is 9.90 Å². The molecule has 1 heterocycles. The summed E-state index contributed by atoms with van der Waals surface area (Å²) in [6.45, 7) is 2.89. The van der Waals surface area contributed by atoms with Gasteiger partial charge < -0.3 is 5.11 Å². The average Bonchev–Trinajstić information content (AvgIpc) is 3.07. The molecule has 3 rings (SSSR count). The van der Waals surface area contributed by atoms with E-state index in [0.29, 0.717) is 0 Å². The number of hydrogen-bond acceptors (Lipinski definition) is 3. The van der Waals surface area contributed by atoms with Gasteiger partial charge in [0.1, 0.15) is 6.04 Å². The van der Waals surface area contributed by atoms with Crippen LogP contribution in [0.5, 0.6) is 0 Å². The van der Waals surface area contributed by atoms with Gasteiger partial charge in [0.2, 0.25) is 0 Å². The molecule has 2 aromatic carbocycles. The maximum Gasteiger partial charge on any atom is 0.320 e. The molecule has 1 N–H and O–H groups in total. The van der Waals surface area contributed by atoms with Crippen LogP contribution in [0.1, 0.15) is 35.6 Å². The molecule has 1 aliphatic heterocycles. The molecular formula is C20H23NO2S. The number of nitrogens with zero attached hydrogens (tertiary/aromatic N) is 1. The highest BCUT2D eigenvalue weighted by Gasteiger charge is 2.36. The molecule has 0 bridgehead atoms. The first-order valence-corrected chi connectivity index (χ1v) is 9.51. The number of likely N-dealkylation sites (tertiary alicyclic amines) is 1. The molecule has 24 heavy (non-hydrogen) atoms. The van der Waals surface area contributed by atoms with Crippen LogP contribution >= 0.6 is 11.8 Å². The van der Waals surface area contributed by atoms with E-state index in [0.717, 1.165) is 30.5 Å². The van der Waals surface area contributed by atoms with Gasteiger partial charge in [-0.15, -0.1) is 11.8 Å². The molecule has 4 heteroatoms. The minimum Gasteiger partial charge on any atom is -0.480 e. The number of rotatable bonds is 5. The van der Waals surface area contributed by atoms with Crippen LogP contribution in [0.2, 0.25) is 0 Å². The largest absolute Gasteiger partial charge is 0.480 e. The fraction of sp³-hybridized carbons (Fsp3) is 0.350. The zero-order chi connectivity index (χ0) is 17.1. The fourth-order valence-corrected chi connectivity index (χ4v) is 3.88. The highest BCUT2D eigenvalue weighted by molar-refractivity contribution is 7.98. The lowest BCUT2D eigenvalue weighted by molar-refractivity contribution is -0.142. The zero-order valence-corrected chi connectivity index (χ0v) is 14.9. The van der Waals surface area contributed by atoms with E-state index in [2.05, 4.69) is 66.6 Å². The lowest BCUT2D eigenvalue weighted by atomic mass is 9.95. The maximum atomic E-state index is 11.7. The monoisotopic (exact) mass is 341 g/mol. The van der Waals surface area contributed by atoms with Gasteiger partial charge in [-0.3, -0.25) is 9.69 Å². The van der Waals surface area contributed by atoms with Crippen molar-refractivity contribution in [1.29, 1.82) is 0 Å². The van der Waals surface area contributed by atoms with Crippen LogP contribution in [-0.2, 0) is 4.79 Å². The highest BCUT2D eigenvalue weighted by Crippen LogP contribution is 2.35. The first-order chi connectivity index (χ1) is 11.6. The molecule has 1 fully saturated rings. The van der Waals surface area contributed by atoms with E-state index in [1.165, 1.54) is 10.5 Å². The number of carboxylic acid groups (broad SMARTS) is 1. The van der Waals surface area contributed by atoms with Gasteiger partial charge in [0.25, 0.3) is 0 Å². The van der Waals surface area contributed by atoms with Crippen LogP contribution in [0.4, 0.5) is 0 Å². The van der Waals surface area contributed by atoms with E-state index in [4.69, 9.17) is 0 Å². The molecule has 0 aliphatic carbocycles. The van der Waals surface area contributed by atoms with Crippen LogP contribution in [-0.4, -0.2) is 34.8 Å². The molecule has 0 saturated carbocycles. The normalized spacial score (nSPS) is 19.3. The van der Waals surface area contributed by atoms with Gasteiger partial charge >= 0.3 is 5.97 Å². The van der Waals surface area contributed by atoms with Crippen LogP contribution in [0.3, 0.4) is 0 Å². The summed E-state index contributed by atoms with van der Waals surface area (Å²) in [6, 6.07) is 16.5. The van der Waals surface area contributed by atoms with Crippen molar-refractivity contribution in [2.24, 2.45) is 0 Å². The molecule has 126 valence electrons. The summed E-state index contributed by atoms with van der Waals surface area (Å²) in [5.41, 5.74) is 3.53. The second-order valence-electron chi connectivity index (χ2n) is 6.32. The quantitative estimate of drug-likeness (QED) is 0.821. The Morgan fingerprint density at radius 3 is 2.25 bits per heavy atom. The van der Waals surface area contributed by atoms with Crippen LogP contribution < -0.4 is 0 Å². The summed E-state index contributed by atoms with van der Waals surface area (Å²) in [5, 5.41) is 9.61. The van der Waals surface area contributed by atoms with Crippen molar-refractivity contribution in [3.8, 4) is 0 Å². The summed E-state index contributed by atoms with van der Waals surface area (Å²) in [7, 11) is 0. The van der Waals surface area contributed by atoms with E-state index in [-0.39, 0.29) is 6.04 Å². The van der Waals surface area contributed by atoms with Gasteiger partial charge in [-0.1, -0.05) is 42.0 Å². The molecule has 0 spiro atoms. The molecule has 0 amide bonds. The Hall–Kier alpha value is -1.78. The highest BCUT2D eigenvalue weighted by atomic mass is 32.2. The summed E-state index contributed by atoms with van der Waals surface area (Å²) < 4.78 is 0. The lowest BCUT2D eigenvalue weighted by Gasteiger charge is -2.32. The molecule has 2 atom stereocenters. The summed E-state index contributed by atoms with van der Waals surface area (Å²) in [5.74, 6) is -0.717. The van der Waals surface area contributed by atoms with E-state index in [1.807, 2.05) is 0 Å². The number of benzene rings is 2. The van der Waals surface area contributed by atoms with Crippen LogP contribution in [0.25, 0.3) is 0 Å². The Labute approximate surface area is 147 Å². The maximum absolute atomic E-state index is 11.7. The second-order valence-corrected chi connectivity index (χ2v) is 7.20. The molecule has 2 aromatic rings. The third-order valence-corrected chi connectivity index (χ3v) is 5.48. The predicted octanol–water partition coefficient (Wildman–Crippen LogP) is 4.36. The number of aryl methyl sites for hydroxylation is 1. The minimum absolute atomic E-state index is 0.00916. The van der Waals surface area contributed by atoms with Gasteiger partial charge in [0.15, 0.2) is 0 Å². The van der Waals surface area contributed by atoms with Crippen molar-refractivity contribution in [3.63, 3.8) is 0 Å². The van der Waals surface area contributed by atoms with E-state index < -0.39 is 12.0 Å². The fourth-order valence-electron chi connectivity index (χ4n) is 3.47. The van der Waals surface area contributed by atoms with Gasteiger partial charge in [0.05, 0.1) is 6.04 Å². The molecule has 0 radical (unpaired) electrons. The number of hydrogen-bond donors (Lipinski definition) is 1. The van der Waals surface area contributed by atoms with Gasteiger partial charge in [-0.05, 0) is 49.3 Å². The molecule has 1 saturated heterocycles. The van der Waals surface area contributed by atoms with Crippen molar-refractivity contribution < 1.29 is 9.90 Å². The van der Waals surface area contributed by atoms with Crippen molar-refractivity contribution in [2.45, 2.75) is 36.7 Å². The Kier molecular flexibility index (Phi) is 5.27. The Bertz CT molecular complexity index is 697. The standard InChI is InChI=1S/C20H23NO2S/c1-14-5-7-15(8-6-14)19(16-9-11-17(24-2)12-10-16)21-13-3-4-18(21)20(22)23/h5-12,18-19H,3-4,13H2,1-2H3,(H,22,23). The van der Waals surface area contributed by atoms with E-state index in [1.54, 1.807) is 11.8 Å². The minimum atomic E-state index is -0.717. The number of carbonyl (C=O) groups is 1. The molecule has 2 unspecified atom stereocenters. The van der Waals surface area contributed by atoms with Gasteiger partial charge in [0, 0.05) is 11.4 Å². The summed E-state index contributed by atoms with van der Waals surface area (Å²) in [6.07, 6.45) is 3.72. The number of aliphatic carboxylic acids is 1. The Morgan fingerprint density at radius 2 is 1.71 bits per heavy atom.